The second-order valence-corrected chi connectivity index (χ2v) is 20.6. The normalized spacial score (nSPS) is 24.0. The Morgan fingerprint density at radius 2 is 1.32 bits per heavy atom. The number of unbranched alkanes of at least 4 members (excludes halogenated alkanes) is 2. The van der Waals surface area contributed by atoms with Crippen LogP contribution in [-0.4, -0.2) is 158 Å². The van der Waals surface area contributed by atoms with Crippen molar-refractivity contribution in [3.8, 4) is 33.8 Å². The number of carbonyl (C=O) groups excluding carboxylic acids is 7. The highest BCUT2D eigenvalue weighted by Gasteiger charge is 2.45. The molecule has 3 saturated heterocycles. The van der Waals surface area contributed by atoms with E-state index in [9.17, 15) is 58.8 Å². The van der Waals surface area contributed by atoms with Gasteiger partial charge in [-0.05, 0) is 116 Å². The highest BCUT2D eigenvalue weighted by molar-refractivity contribution is 6.00. The first-order valence-corrected chi connectivity index (χ1v) is 27.0. The van der Waals surface area contributed by atoms with E-state index >= 15 is 0 Å². The Morgan fingerprint density at radius 3 is 1.94 bits per heavy atom. The monoisotopic (exact) mass is 1090 g/mol. The van der Waals surface area contributed by atoms with Gasteiger partial charge in [0.1, 0.15) is 47.8 Å². The first-order valence-electron chi connectivity index (χ1n) is 27.0. The largest absolute Gasteiger partial charge is 0.508 e. The van der Waals surface area contributed by atoms with E-state index in [2.05, 4.69) is 33.5 Å². The number of phenolic OH excluding ortho intramolecular Hbond substituents is 1. The molecule has 7 amide bonds. The van der Waals surface area contributed by atoms with Gasteiger partial charge in [0, 0.05) is 44.1 Å². The number of nitrogens with two attached hydrogens (primary N) is 1. The first-order chi connectivity index (χ1) is 37.9. The second-order valence-electron chi connectivity index (χ2n) is 20.6. The van der Waals surface area contributed by atoms with Crippen LogP contribution in [0.5, 0.6) is 11.5 Å². The average Bonchev–Trinajstić information content (AvgIpc) is 4.10. The van der Waals surface area contributed by atoms with Gasteiger partial charge in [0.05, 0.1) is 18.8 Å². The Hall–Kier alpha value is -7.88. The van der Waals surface area contributed by atoms with Gasteiger partial charge in [-0.2, -0.15) is 0 Å². The molecule has 21 heteroatoms. The van der Waals surface area contributed by atoms with Crippen molar-refractivity contribution in [2.45, 2.75) is 139 Å². The molecule has 7 rings (SSSR count). The lowest BCUT2D eigenvalue weighted by Crippen LogP contribution is -2.61. The zero-order valence-electron chi connectivity index (χ0n) is 44.5. The van der Waals surface area contributed by atoms with Gasteiger partial charge in [0.25, 0.3) is 5.91 Å². The maximum Gasteiger partial charge on any atom is 0.303 e. The SMILES string of the molecule is CCCCCOc1ccc(-c2ccc(-c3ccc(C(=O)NC4CCCNC(=O)C5CC(N)CN5C(=O)[C@H](CCC(=O)O)NC(=O)C(CCc5ccc(O)cc5)NC(=O)C5C[C@@H](O)CN5C(=O)C([C@@H](C)O)NC4=O)cc3)cc2)cc1. The molecular weight excluding hydrogens is 1020 g/mol. The van der Waals surface area contributed by atoms with E-state index < -0.39 is 121 Å². The minimum absolute atomic E-state index is 0.0140. The van der Waals surface area contributed by atoms with Crippen LogP contribution in [0.15, 0.2) is 97.1 Å². The topological polar surface area (TPSA) is 319 Å². The van der Waals surface area contributed by atoms with E-state index in [0.717, 1.165) is 52.2 Å². The molecule has 3 fully saturated rings. The van der Waals surface area contributed by atoms with Gasteiger partial charge in [0.15, 0.2) is 0 Å². The number of carbonyl (C=O) groups is 8. The third-order valence-corrected chi connectivity index (χ3v) is 14.5. The fraction of sp³-hybridized carbons (Fsp3) is 0.448. The number of rotatable bonds is 16. The maximum absolute atomic E-state index is 14.4. The molecule has 9 atom stereocenters. The maximum atomic E-state index is 14.4. The van der Waals surface area contributed by atoms with Crippen molar-refractivity contribution < 1.29 is 63.5 Å². The summed E-state index contributed by atoms with van der Waals surface area (Å²) in [7, 11) is 0. The molecule has 4 aromatic carbocycles. The van der Waals surface area contributed by atoms with Gasteiger partial charge in [0.2, 0.25) is 35.4 Å². The van der Waals surface area contributed by atoms with Crippen LogP contribution in [0, 0.1) is 0 Å². The summed E-state index contributed by atoms with van der Waals surface area (Å²) in [4.78, 5) is 114. The Labute approximate surface area is 458 Å². The van der Waals surface area contributed by atoms with Gasteiger partial charge in [-0.25, -0.2) is 0 Å². The lowest BCUT2D eigenvalue weighted by molar-refractivity contribution is -0.145. The highest BCUT2D eigenvalue weighted by atomic mass is 16.5. The highest BCUT2D eigenvalue weighted by Crippen LogP contribution is 2.28. The molecule has 0 aliphatic carbocycles. The number of aliphatic hydroxyl groups is 2. The van der Waals surface area contributed by atoms with Crippen molar-refractivity contribution in [1.82, 2.24) is 36.4 Å². The number of phenols is 1. The predicted octanol–water partition coefficient (Wildman–Crippen LogP) is 2.53. The summed E-state index contributed by atoms with van der Waals surface area (Å²) in [5.74, 6) is -6.15. The van der Waals surface area contributed by atoms with Crippen LogP contribution >= 0.6 is 0 Å². The van der Waals surface area contributed by atoms with Gasteiger partial charge >= 0.3 is 5.97 Å². The summed E-state index contributed by atoms with van der Waals surface area (Å²) in [6, 6.07) is 19.4. The van der Waals surface area contributed by atoms with Crippen molar-refractivity contribution in [3.63, 3.8) is 0 Å². The summed E-state index contributed by atoms with van der Waals surface area (Å²) in [5, 5.41) is 54.8. The molecule has 0 aromatic heterocycles. The number of fused-ring (bicyclic) bond motifs is 2. The second kappa shape index (κ2) is 27.6. The van der Waals surface area contributed by atoms with E-state index in [1.165, 1.54) is 24.0 Å². The Morgan fingerprint density at radius 1 is 0.722 bits per heavy atom. The van der Waals surface area contributed by atoms with Gasteiger partial charge in [-0.15, -0.1) is 0 Å². The zero-order valence-corrected chi connectivity index (χ0v) is 44.5. The summed E-state index contributed by atoms with van der Waals surface area (Å²) in [6.07, 6.45) is -0.791. The van der Waals surface area contributed by atoms with Crippen molar-refractivity contribution in [2.24, 2.45) is 5.73 Å². The van der Waals surface area contributed by atoms with Crippen molar-refractivity contribution >= 4 is 47.3 Å². The van der Waals surface area contributed by atoms with Crippen LogP contribution in [0.3, 0.4) is 0 Å². The van der Waals surface area contributed by atoms with E-state index in [1.807, 2.05) is 48.5 Å². The molecule has 3 heterocycles. The summed E-state index contributed by atoms with van der Waals surface area (Å²) >= 11 is 0. The van der Waals surface area contributed by atoms with Crippen LogP contribution in [0.25, 0.3) is 22.3 Å². The average molecular weight is 1090 g/mol. The number of carboxylic acids is 1. The van der Waals surface area contributed by atoms with E-state index in [1.54, 1.807) is 36.4 Å². The van der Waals surface area contributed by atoms with Crippen LogP contribution in [0.4, 0.5) is 0 Å². The first kappa shape index (κ1) is 58.8. The number of ether oxygens (including phenoxy) is 1. The molecule has 422 valence electrons. The Kier molecular flexibility index (Phi) is 20.6. The summed E-state index contributed by atoms with van der Waals surface area (Å²) in [6.45, 7) is 3.49. The number of carboxylic acid groups (broad SMARTS) is 1. The number of benzene rings is 4. The number of aromatic hydroxyl groups is 1. The lowest BCUT2D eigenvalue weighted by Gasteiger charge is -2.32. The van der Waals surface area contributed by atoms with Crippen molar-refractivity contribution in [2.75, 3.05) is 26.2 Å². The van der Waals surface area contributed by atoms with Gasteiger partial charge < -0.3 is 67.3 Å². The smallest absolute Gasteiger partial charge is 0.303 e. The number of nitrogens with one attached hydrogen (secondary N) is 5. The minimum atomic E-state index is -1.70. The molecule has 0 spiro atoms. The molecular formula is C58H72N8O13. The van der Waals surface area contributed by atoms with Crippen LogP contribution < -0.4 is 37.1 Å². The molecule has 3 aliphatic heterocycles. The molecule has 4 aromatic rings. The Balaban J connectivity index is 1.12. The fourth-order valence-corrected chi connectivity index (χ4v) is 10.1. The number of aliphatic carboxylic acids is 1. The molecule has 11 N–H and O–H groups in total. The predicted molar refractivity (Wildman–Crippen MR) is 291 cm³/mol. The van der Waals surface area contributed by atoms with E-state index in [-0.39, 0.29) is 62.9 Å². The molecule has 0 saturated carbocycles. The summed E-state index contributed by atoms with van der Waals surface area (Å²) < 4.78 is 5.86. The molecule has 21 nitrogen and oxygen atoms in total. The number of hydrogen-bond donors (Lipinski definition) is 10. The van der Waals surface area contributed by atoms with Gasteiger partial charge in [-0.1, -0.05) is 80.4 Å². The molecule has 3 aliphatic rings. The number of aliphatic hydroxyl groups excluding tert-OH is 2. The molecule has 0 radical (unpaired) electrons. The lowest BCUT2D eigenvalue weighted by atomic mass is 9.99. The van der Waals surface area contributed by atoms with Crippen molar-refractivity contribution in [1.29, 1.82) is 0 Å². The molecule has 79 heavy (non-hydrogen) atoms. The van der Waals surface area contributed by atoms with Crippen LogP contribution in [0.2, 0.25) is 0 Å². The third kappa shape index (κ3) is 15.9. The molecule has 6 unspecified atom stereocenters. The minimum Gasteiger partial charge on any atom is -0.508 e. The number of aryl methyl sites for hydroxylation is 1. The zero-order chi connectivity index (χ0) is 56.8. The summed E-state index contributed by atoms with van der Waals surface area (Å²) in [5.41, 5.74) is 10.9. The third-order valence-electron chi connectivity index (χ3n) is 14.5. The number of hydrogen-bond acceptors (Lipinski definition) is 13. The quantitative estimate of drug-likeness (QED) is 0.0722. The molecule has 0 bridgehead atoms. The van der Waals surface area contributed by atoms with E-state index in [0.29, 0.717) is 12.2 Å². The van der Waals surface area contributed by atoms with Crippen LogP contribution in [-0.2, 0) is 40.0 Å². The standard InChI is InChI=1S/C58H72N8O13/c1-3-4-5-29-79-44-23-19-39(20-24-44)37-13-11-36(12-14-37)38-15-17-40(18-16-38)52(72)61-45-7-6-28-60-55(75)48-30-41(59)32-65(48)57(77)47(26-27-50(70)71)63-53(73)46(25-10-35-8-21-42(68)22-9-35)62-56(76)49-31-43(69)33-66(49)58(78)51(34(2)67)64-54(45)74/h8-9,11-24,34,41,43,45-49,51,67-69H,3-7,10,25-33,59H2,1-2H3,(H,60,75)(H,61,72)(H,62,76)(H,63,73)(H,64,74)(H,70,71)/t34-,41?,43-,45?,46?,47+,48?,49?,51?/m1/s1. The van der Waals surface area contributed by atoms with Crippen LogP contribution in [0.1, 0.15) is 94.0 Å². The van der Waals surface area contributed by atoms with Crippen molar-refractivity contribution in [3.05, 3.63) is 108 Å². The number of amides is 7. The van der Waals surface area contributed by atoms with Gasteiger partial charge in [-0.3, -0.25) is 38.4 Å². The fourth-order valence-electron chi connectivity index (χ4n) is 10.1. The Bertz CT molecular complexity index is 2780. The van der Waals surface area contributed by atoms with E-state index in [4.69, 9.17) is 10.5 Å². The number of nitrogens with zero attached hydrogens (tertiary/aromatic N) is 2.